The van der Waals surface area contributed by atoms with Crippen molar-refractivity contribution in [2.24, 2.45) is 0 Å². The predicted octanol–water partition coefficient (Wildman–Crippen LogP) is 0.822. The largest absolute Gasteiger partial charge is 0.481 e. The van der Waals surface area contributed by atoms with Gasteiger partial charge in [-0.15, -0.1) is 0 Å². The fourth-order valence-electron chi connectivity index (χ4n) is 2.26. The van der Waals surface area contributed by atoms with Crippen molar-refractivity contribution in [3.63, 3.8) is 0 Å². The molecule has 0 spiro atoms. The average Bonchev–Trinajstić information content (AvgIpc) is 2.87. The minimum absolute atomic E-state index is 0.232. The summed E-state index contributed by atoms with van der Waals surface area (Å²) in [4.78, 5) is 12.8. The number of carboxylic acid groups (broad SMARTS) is 1. The zero-order chi connectivity index (χ0) is 11.4. The Hall–Kier alpha value is -1.36. The molecule has 1 fully saturated rings. The predicted molar refractivity (Wildman–Crippen MR) is 59.1 cm³/mol. The summed E-state index contributed by atoms with van der Waals surface area (Å²) in [6.45, 7) is 2.53. The van der Waals surface area contributed by atoms with E-state index in [2.05, 4.69) is 10.00 Å². The monoisotopic (exact) mass is 223 g/mol. The van der Waals surface area contributed by atoms with E-state index in [1.807, 2.05) is 16.9 Å². The number of hydrogen-bond donors (Lipinski definition) is 1. The van der Waals surface area contributed by atoms with E-state index in [0.29, 0.717) is 12.6 Å². The van der Waals surface area contributed by atoms with Crippen LogP contribution in [0.3, 0.4) is 0 Å². The Morgan fingerprint density at radius 2 is 2.44 bits per heavy atom. The van der Waals surface area contributed by atoms with Crippen molar-refractivity contribution in [3.05, 3.63) is 18.5 Å². The van der Waals surface area contributed by atoms with Gasteiger partial charge in [0.2, 0.25) is 0 Å². The van der Waals surface area contributed by atoms with E-state index < -0.39 is 5.97 Å². The first-order valence-corrected chi connectivity index (χ1v) is 5.69. The summed E-state index contributed by atoms with van der Waals surface area (Å²) in [6.07, 6.45) is 6.25. The third-order valence-corrected chi connectivity index (χ3v) is 3.07. The molecule has 1 aliphatic rings. The van der Waals surface area contributed by atoms with Gasteiger partial charge in [-0.1, -0.05) is 0 Å². The van der Waals surface area contributed by atoms with Crippen LogP contribution < -0.4 is 0 Å². The summed E-state index contributed by atoms with van der Waals surface area (Å²) in [5.41, 5.74) is 0. The number of aromatic nitrogens is 2. The summed E-state index contributed by atoms with van der Waals surface area (Å²) in [7, 11) is 0. The van der Waals surface area contributed by atoms with Crippen molar-refractivity contribution in [2.45, 2.75) is 31.8 Å². The van der Waals surface area contributed by atoms with E-state index in [4.69, 9.17) is 5.11 Å². The van der Waals surface area contributed by atoms with Crippen LogP contribution in [-0.2, 0) is 11.3 Å². The second-order valence-corrected chi connectivity index (χ2v) is 4.20. The zero-order valence-electron chi connectivity index (χ0n) is 9.25. The molecule has 0 amide bonds. The van der Waals surface area contributed by atoms with Crippen LogP contribution in [0.25, 0.3) is 0 Å². The molecule has 5 nitrogen and oxygen atoms in total. The first-order valence-electron chi connectivity index (χ1n) is 5.69. The van der Waals surface area contributed by atoms with Gasteiger partial charge < -0.3 is 5.11 Å². The molecule has 1 N–H and O–H groups in total. The minimum atomic E-state index is -0.718. The number of likely N-dealkylation sites (tertiary alicyclic amines) is 1. The van der Waals surface area contributed by atoms with Crippen LogP contribution in [0, 0.1) is 0 Å². The summed E-state index contributed by atoms with van der Waals surface area (Å²) in [5, 5.41) is 12.9. The zero-order valence-corrected chi connectivity index (χ0v) is 9.25. The van der Waals surface area contributed by atoms with Gasteiger partial charge in [-0.2, -0.15) is 5.10 Å². The van der Waals surface area contributed by atoms with Crippen LogP contribution in [0.1, 0.15) is 19.3 Å². The molecule has 0 saturated carbocycles. The number of rotatable bonds is 5. The number of carbonyl (C=O) groups is 1. The molecular formula is C11H17N3O2. The maximum atomic E-state index is 10.5. The Bertz CT molecular complexity index is 337. The second kappa shape index (κ2) is 5.12. The van der Waals surface area contributed by atoms with Crippen molar-refractivity contribution >= 4 is 5.97 Å². The van der Waals surface area contributed by atoms with Crippen molar-refractivity contribution in [3.8, 4) is 0 Å². The highest BCUT2D eigenvalue weighted by atomic mass is 16.4. The first kappa shape index (κ1) is 11.1. The highest BCUT2D eigenvalue weighted by molar-refractivity contribution is 5.66. The molecule has 1 aromatic rings. The molecule has 0 aliphatic carbocycles. The summed E-state index contributed by atoms with van der Waals surface area (Å²) < 4.78 is 1.92. The fraction of sp³-hybridized carbons (Fsp3) is 0.636. The first-order chi connectivity index (χ1) is 7.75. The second-order valence-electron chi connectivity index (χ2n) is 4.20. The lowest BCUT2D eigenvalue weighted by molar-refractivity contribution is -0.137. The standard InChI is InChI=1S/C11H17N3O2/c15-11(16)4-8-13-6-1-3-10(13)9-14-7-2-5-12-14/h2,5,7,10H,1,3-4,6,8-9H2,(H,15,16)/t10-/m0/s1. The van der Waals surface area contributed by atoms with Crippen LogP contribution in [0.4, 0.5) is 0 Å². The van der Waals surface area contributed by atoms with Gasteiger partial charge in [-0.05, 0) is 25.5 Å². The molecule has 1 saturated heterocycles. The van der Waals surface area contributed by atoms with E-state index in [9.17, 15) is 4.79 Å². The molecule has 0 aromatic carbocycles. The topological polar surface area (TPSA) is 58.4 Å². The van der Waals surface area contributed by atoms with Crippen molar-refractivity contribution in [1.82, 2.24) is 14.7 Å². The van der Waals surface area contributed by atoms with Crippen LogP contribution >= 0.6 is 0 Å². The molecular weight excluding hydrogens is 206 g/mol. The number of carboxylic acids is 1. The Balaban J connectivity index is 1.85. The third-order valence-electron chi connectivity index (χ3n) is 3.07. The van der Waals surface area contributed by atoms with Gasteiger partial charge in [0.15, 0.2) is 0 Å². The molecule has 1 aromatic heterocycles. The van der Waals surface area contributed by atoms with Gasteiger partial charge in [0, 0.05) is 25.0 Å². The maximum Gasteiger partial charge on any atom is 0.304 e. The van der Waals surface area contributed by atoms with Crippen LogP contribution in [-0.4, -0.2) is 44.9 Å². The quantitative estimate of drug-likeness (QED) is 0.803. The van der Waals surface area contributed by atoms with Gasteiger partial charge >= 0.3 is 5.97 Å². The molecule has 16 heavy (non-hydrogen) atoms. The van der Waals surface area contributed by atoms with Gasteiger partial charge in [-0.3, -0.25) is 14.4 Å². The molecule has 5 heteroatoms. The van der Waals surface area contributed by atoms with E-state index in [1.165, 1.54) is 0 Å². The third kappa shape index (κ3) is 2.82. The fourth-order valence-corrected chi connectivity index (χ4v) is 2.26. The summed E-state index contributed by atoms with van der Waals surface area (Å²) in [6, 6.07) is 2.36. The Morgan fingerprint density at radius 1 is 1.56 bits per heavy atom. The lowest BCUT2D eigenvalue weighted by Gasteiger charge is -2.23. The van der Waals surface area contributed by atoms with E-state index in [0.717, 1.165) is 25.9 Å². The smallest absolute Gasteiger partial charge is 0.304 e. The lowest BCUT2D eigenvalue weighted by Crippen LogP contribution is -2.34. The van der Waals surface area contributed by atoms with Crippen molar-refractivity contribution in [2.75, 3.05) is 13.1 Å². The van der Waals surface area contributed by atoms with Gasteiger partial charge in [0.05, 0.1) is 13.0 Å². The number of aliphatic carboxylic acids is 1. The van der Waals surface area contributed by atoms with Crippen LogP contribution in [0.15, 0.2) is 18.5 Å². The summed E-state index contributed by atoms with van der Waals surface area (Å²) in [5.74, 6) is -0.718. The molecule has 2 heterocycles. The number of nitrogens with zero attached hydrogens (tertiary/aromatic N) is 3. The van der Waals surface area contributed by atoms with E-state index in [-0.39, 0.29) is 6.42 Å². The van der Waals surface area contributed by atoms with Gasteiger partial charge in [0.1, 0.15) is 0 Å². The van der Waals surface area contributed by atoms with Crippen LogP contribution in [0.5, 0.6) is 0 Å². The molecule has 88 valence electrons. The van der Waals surface area contributed by atoms with Crippen molar-refractivity contribution < 1.29 is 9.90 Å². The Morgan fingerprint density at radius 3 is 3.12 bits per heavy atom. The molecule has 2 rings (SSSR count). The number of hydrogen-bond acceptors (Lipinski definition) is 3. The SMILES string of the molecule is O=C(O)CCN1CCC[C@H]1Cn1cccn1. The molecule has 1 atom stereocenters. The van der Waals surface area contributed by atoms with E-state index >= 15 is 0 Å². The summed E-state index contributed by atoms with van der Waals surface area (Å²) >= 11 is 0. The van der Waals surface area contributed by atoms with Crippen molar-refractivity contribution in [1.29, 1.82) is 0 Å². The molecule has 0 unspecified atom stereocenters. The minimum Gasteiger partial charge on any atom is -0.481 e. The Kier molecular flexibility index (Phi) is 3.56. The highest BCUT2D eigenvalue weighted by Gasteiger charge is 2.24. The van der Waals surface area contributed by atoms with Gasteiger partial charge in [-0.25, -0.2) is 0 Å². The highest BCUT2D eigenvalue weighted by Crippen LogP contribution is 2.18. The molecule has 0 radical (unpaired) electrons. The van der Waals surface area contributed by atoms with Crippen LogP contribution in [0.2, 0.25) is 0 Å². The Labute approximate surface area is 94.7 Å². The normalized spacial score (nSPS) is 21.4. The molecule has 1 aliphatic heterocycles. The maximum absolute atomic E-state index is 10.5. The van der Waals surface area contributed by atoms with E-state index in [1.54, 1.807) is 6.20 Å². The lowest BCUT2D eigenvalue weighted by atomic mass is 10.2. The molecule has 0 bridgehead atoms. The van der Waals surface area contributed by atoms with Gasteiger partial charge in [0.25, 0.3) is 0 Å². The average molecular weight is 223 g/mol.